The van der Waals surface area contributed by atoms with Crippen LogP contribution in [-0.2, 0) is 6.42 Å². The van der Waals surface area contributed by atoms with Gasteiger partial charge in [-0.15, -0.1) is 0 Å². The highest BCUT2D eigenvalue weighted by atomic mass is 16.5. The van der Waals surface area contributed by atoms with Crippen molar-refractivity contribution in [1.29, 1.82) is 0 Å². The lowest BCUT2D eigenvalue weighted by molar-refractivity contribution is 0.289. The van der Waals surface area contributed by atoms with Gasteiger partial charge in [0.15, 0.2) is 11.5 Å². The molecule has 0 fully saturated rings. The van der Waals surface area contributed by atoms with Crippen LogP contribution in [0.15, 0.2) is 12.1 Å². The minimum atomic E-state index is -0.132. The third-order valence-electron chi connectivity index (χ3n) is 2.69. The van der Waals surface area contributed by atoms with Crippen molar-refractivity contribution in [3.8, 4) is 17.2 Å². The van der Waals surface area contributed by atoms with Crippen molar-refractivity contribution in [3.63, 3.8) is 0 Å². The van der Waals surface area contributed by atoms with Gasteiger partial charge in [-0.25, -0.2) is 0 Å². The molecule has 3 heteroatoms. The first-order valence-corrected chi connectivity index (χ1v) is 6.37. The highest BCUT2D eigenvalue weighted by Gasteiger charge is 2.13. The van der Waals surface area contributed by atoms with E-state index in [-0.39, 0.29) is 11.5 Å². The molecule has 3 nitrogen and oxygen atoms in total. The summed E-state index contributed by atoms with van der Waals surface area (Å²) < 4.78 is 5.52. The van der Waals surface area contributed by atoms with Crippen LogP contribution in [0.5, 0.6) is 17.2 Å². The number of ether oxygens (including phenoxy) is 1. The predicted octanol–water partition coefficient (Wildman–Crippen LogP) is 3.62. The van der Waals surface area contributed by atoms with Crippen molar-refractivity contribution in [2.45, 2.75) is 46.0 Å². The number of aryl methyl sites for hydroxylation is 1. The summed E-state index contributed by atoms with van der Waals surface area (Å²) >= 11 is 0. The van der Waals surface area contributed by atoms with Crippen molar-refractivity contribution >= 4 is 0 Å². The zero-order valence-electron chi connectivity index (χ0n) is 10.7. The molecule has 0 saturated heterocycles. The maximum Gasteiger partial charge on any atom is 0.200 e. The SMILES string of the molecule is CCCCCc1ccc(O)c(O)c1OCCC. The van der Waals surface area contributed by atoms with Crippen LogP contribution in [0.4, 0.5) is 0 Å². The first-order valence-electron chi connectivity index (χ1n) is 6.37. The van der Waals surface area contributed by atoms with Crippen LogP contribution in [0.2, 0.25) is 0 Å². The second-order valence-corrected chi connectivity index (χ2v) is 4.23. The lowest BCUT2D eigenvalue weighted by atomic mass is 10.1. The fourth-order valence-corrected chi connectivity index (χ4v) is 1.73. The van der Waals surface area contributed by atoms with Gasteiger partial charge in [0.25, 0.3) is 0 Å². The van der Waals surface area contributed by atoms with Gasteiger partial charge in [-0.2, -0.15) is 0 Å². The fraction of sp³-hybridized carbons (Fsp3) is 0.571. The van der Waals surface area contributed by atoms with E-state index in [1.54, 1.807) is 0 Å². The minimum absolute atomic E-state index is 0.115. The van der Waals surface area contributed by atoms with E-state index < -0.39 is 0 Å². The molecule has 0 saturated carbocycles. The van der Waals surface area contributed by atoms with Gasteiger partial charge in [0.1, 0.15) is 0 Å². The molecule has 0 unspecified atom stereocenters. The number of benzene rings is 1. The zero-order valence-corrected chi connectivity index (χ0v) is 10.7. The van der Waals surface area contributed by atoms with Crippen molar-refractivity contribution in [1.82, 2.24) is 0 Å². The maximum absolute atomic E-state index is 9.79. The smallest absolute Gasteiger partial charge is 0.200 e. The van der Waals surface area contributed by atoms with Crippen LogP contribution in [0.25, 0.3) is 0 Å². The first kappa shape index (κ1) is 13.7. The summed E-state index contributed by atoms with van der Waals surface area (Å²) in [7, 11) is 0. The van der Waals surface area contributed by atoms with E-state index in [1.807, 2.05) is 13.0 Å². The summed E-state index contributed by atoms with van der Waals surface area (Å²) in [6.45, 7) is 4.72. The Balaban J connectivity index is 2.82. The second kappa shape index (κ2) is 7.05. The Kier molecular flexibility index (Phi) is 5.67. The topological polar surface area (TPSA) is 49.7 Å². The van der Waals surface area contributed by atoms with E-state index in [0.717, 1.165) is 37.7 Å². The van der Waals surface area contributed by atoms with Gasteiger partial charge in [0.05, 0.1) is 6.61 Å². The Morgan fingerprint density at radius 3 is 2.47 bits per heavy atom. The Morgan fingerprint density at radius 2 is 1.82 bits per heavy atom. The molecule has 0 aliphatic rings. The summed E-state index contributed by atoms with van der Waals surface area (Å²) in [5.74, 6) is 0.200. The number of phenols is 2. The molecule has 96 valence electrons. The van der Waals surface area contributed by atoms with Gasteiger partial charge in [-0.1, -0.05) is 32.8 Å². The number of hydrogen-bond acceptors (Lipinski definition) is 3. The van der Waals surface area contributed by atoms with Crippen molar-refractivity contribution < 1.29 is 14.9 Å². The zero-order chi connectivity index (χ0) is 12.7. The van der Waals surface area contributed by atoms with Crippen LogP contribution in [-0.4, -0.2) is 16.8 Å². The number of aromatic hydroxyl groups is 2. The highest BCUT2D eigenvalue weighted by molar-refractivity contribution is 5.54. The Hall–Kier alpha value is -1.38. The Bertz CT molecular complexity index is 348. The Morgan fingerprint density at radius 1 is 1.06 bits per heavy atom. The molecule has 0 amide bonds. The lowest BCUT2D eigenvalue weighted by Crippen LogP contribution is -1.99. The molecule has 17 heavy (non-hydrogen) atoms. The van der Waals surface area contributed by atoms with Crippen LogP contribution < -0.4 is 4.74 Å². The number of unbranched alkanes of at least 4 members (excludes halogenated alkanes) is 2. The van der Waals surface area contributed by atoms with Gasteiger partial charge in [-0.05, 0) is 30.9 Å². The molecule has 1 aromatic rings. The average molecular weight is 238 g/mol. The fourth-order valence-electron chi connectivity index (χ4n) is 1.73. The monoisotopic (exact) mass is 238 g/mol. The van der Waals surface area contributed by atoms with E-state index in [2.05, 4.69) is 6.92 Å². The first-order chi connectivity index (χ1) is 8.20. The lowest BCUT2D eigenvalue weighted by Gasteiger charge is -2.13. The van der Waals surface area contributed by atoms with Crippen molar-refractivity contribution in [2.75, 3.05) is 6.61 Å². The molecule has 2 N–H and O–H groups in total. The molecule has 0 bridgehead atoms. The molecule has 0 spiro atoms. The number of hydrogen-bond donors (Lipinski definition) is 2. The van der Waals surface area contributed by atoms with Crippen LogP contribution >= 0.6 is 0 Å². The molecule has 0 atom stereocenters. The van der Waals surface area contributed by atoms with E-state index in [4.69, 9.17) is 4.74 Å². The summed E-state index contributed by atoms with van der Waals surface area (Å²) in [4.78, 5) is 0. The molecule has 0 aromatic heterocycles. The number of phenolic OH excluding ortho intramolecular Hbond substituents is 2. The molecule has 0 heterocycles. The normalized spacial score (nSPS) is 10.5. The highest BCUT2D eigenvalue weighted by Crippen LogP contribution is 2.38. The van der Waals surface area contributed by atoms with Crippen LogP contribution in [0.1, 0.15) is 45.1 Å². The molecule has 1 rings (SSSR count). The summed E-state index contributed by atoms with van der Waals surface area (Å²) in [6, 6.07) is 3.35. The van der Waals surface area contributed by atoms with Gasteiger partial charge in [0, 0.05) is 0 Å². The predicted molar refractivity (Wildman–Crippen MR) is 68.8 cm³/mol. The van der Waals surface area contributed by atoms with Crippen molar-refractivity contribution in [3.05, 3.63) is 17.7 Å². The van der Waals surface area contributed by atoms with Crippen LogP contribution in [0, 0.1) is 0 Å². The maximum atomic E-state index is 9.79. The largest absolute Gasteiger partial charge is 0.504 e. The average Bonchev–Trinajstić information content (AvgIpc) is 2.33. The summed E-state index contributed by atoms with van der Waals surface area (Å²) in [6.07, 6.45) is 5.15. The molecule has 1 aromatic carbocycles. The summed E-state index contributed by atoms with van der Waals surface area (Å²) in [5, 5.41) is 19.3. The molecular formula is C14H22O3. The van der Waals surface area contributed by atoms with Gasteiger partial charge < -0.3 is 14.9 Å². The van der Waals surface area contributed by atoms with Crippen molar-refractivity contribution in [2.24, 2.45) is 0 Å². The minimum Gasteiger partial charge on any atom is -0.504 e. The molecule has 0 aliphatic carbocycles. The van der Waals surface area contributed by atoms with Gasteiger partial charge >= 0.3 is 0 Å². The quantitative estimate of drug-likeness (QED) is 0.563. The van der Waals surface area contributed by atoms with Crippen LogP contribution in [0.3, 0.4) is 0 Å². The standard InChI is InChI=1S/C14H22O3/c1-3-5-6-7-11-8-9-12(15)13(16)14(11)17-10-4-2/h8-9,15-16H,3-7,10H2,1-2H3. The van der Waals surface area contributed by atoms with E-state index in [0.29, 0.717) is 12.4 Å². The van der Waals surface area contributed by atoms with E-state index in [1.165, 1.54) is 6.07 Å². The third-order valence-corrected chi connectivity index (χ3v) is 2.69. The molecule has 0 aliphatic heterocycles. The summed E-state index contributed by atoms with van der Waals surface area (Å²) in [5.41, 5.74) is 0.974. The van der Waals surface area contributed by atoms with E-state index in [9.17, 15) is 10.2 Å². The molecule has 0 radical (unpaired) electrons. The number of rotatable bonds is 7. The van der Waals surface area contributed by atoms with Gasteiger partial charge in [0.2, 0.25) is 5.75 Å². The molecular weight excluding hydrogens is 216 g/mol. The second-order valence-electron chi connectivity index (χ2n) is 4.23. The Labute approximate surface area is 103 Å². The third kappa shape index (κ3) is 3.84. The van der Waals surface area contributed by atoms with Gasteiger partial charge in [-0.3, -0.25) is 0 Å². The van der Waals surface area contributed by atoms with E-state index >= 15 is 0 Å².